The summed E-state index contributed by atoms with van der Waals surface area (Å²) in [5, 5.41) is 14.5. The van der Waals surface area contributed by atoms with Crippen LogP contribution in [0.2, 0.25) is 0 Å². The monoisotopic (exact) mass is 345 g/mol. The van der Waals surface area contributed by atoms with E-state index in [-0.39, 0.29) is 16.9 Å². The number of aliphatic hydroxyl groups is 1. The molecule has 0 aromatic carbocycles. The third-order valence-corrected chi connectivity index (χ3v) is 8.12. The second kappa shape index (κ2) is 5.83. The van der Waals surface area contributed by atoms with Crippen molar-refractivity contribution in [3.05, 3.63) is 11.6 Å². The molecule has 138 valence electrons. The van der Waals surface area contributed by atoms with E-state index in [1.165, 1.54) is 18.4 Å². The molecule has 0 heterocycles. The molecule has 0 aromatic rings. The van der Waals surface area contributed by atoms with Crippen LogP contribution < -0.4 is 11.2 Å². The molecule has 4 aliphatic rings. The van der Waals surface area contributed by atoms with E-state index in [1.807, 2.05) is 0 Å². The van der Waals surface area contributed by atoms with Crippen molar-refractivity contribution in [3.63, 3.8) is 0 Å². The Balaban J connectivity index is 1.62. The topological polar surface area (TPSA) is 87.7 Å². The number of nitrogens with two attached hydrogens (primary N) is 1. The molecule has 4 N–H and O–H groups in total. The molecule has 5 nitrogen and oxygen atoms in total. The van der Waals surface area contributed by atoms with Crippen LogP contribution in [0.25, 0.3) is 0 Å². The molecule has 4 rings (SSSR count). The molecule has 4 aliphatic carbocycles. The minimum absolute atomic E-state index is 0.0967. The zero-order chi connectivity index (χ0) is 17.8. The zero-order valence-corrected chi connectivity index (χ0v) is 15.4. The number of rotatable bonds is 1. The van der Waals surface area contributed by atoms with Gasteiger partial charge in [-0.1, -0.05) is 25.5 Å². The van der Waals surface area contributed by atoms with Crippen LogP contribution in [0.15, 0.2) is 16.8 Å². The fourth-order valence-electron chi connectivity index (χ4n) is 6.74. The van der Waals surface area contributed by atoms with Gasteiger partial charge in [0, 0.05) is 11.1 Å². The van der Waals surface area contributed by atoms with E-state index in [0.717, 1.165) is 50.2 Å². The van der Waals surface area contributed by atoms with E-state index in [1.54, 1.807) is 0 Å². The highest BCUT2D eigenvalue weighted by Crippen LogP contribution is 2.64. The Morgan fingerprint density at radius 1 is 1.24 bits per heavy atom. The summed E-state index contributed by atoms with van der Waals surface area (Å²) in [5.41, 5.74) is 10.7. The number of hydrogen-bond donors (Lipinski definition) is 3. The maximum atomic E-state index is 11.1. The minimum atomic E-state index is -0.577. The first-order valence-electron chi connectivity index (χ1n) is 9.84. The number of carbonyl (C=O) groups is 1. The Kier molecular flexibility index (Phi) is 3.98. The number of amides is 2. The van der Waals surface area contributed by atoms with Crippen molar-refractivity contribution in [3.8, 4) is 0 Å². The summed E-state index contributed by atoms with van der Waals surface area (Å²) in [4.78, 5) is 11.1. The van der Waals surface area contributed by atoms with Gasteiger partial charge in [-0.3, -0.25) is 0 Å². The average molecular weight is 345 g/mol. The largest absolute Gasteiger partial charge is 0.393 e. The van der Waals surface area contributed by atoms with Crippen molar-refractivity contribution in [1.29, 1.82) is 0 Å². The summed E-state index contributed by atoms with van der Waals surface area (Å²) < 4.78 is 0. The lowest BCUT2D eigenvalue weighted by Crippen LogP contribution is -2.50. The Hall–Kier alpha value is -1.36. The maximum Gasteiger partial charge on any atom is 0.332 e. The predicted molar refractivity (Wildman–Crippen MR) is 97.9 cm³/mol. The van der Waals surface area contributed by atoms with Crippen LogP contribution in [0, 0.1) is 28.6 Å². The van der Waals surface area contributed by atoms with E-state index >= 15 is 0 Å². The lowest BCUT2D eigenvalue weighted by Gasteiger charge is -2.57. The van der Waals surface area contributed by atoms with Gasteiger partial charge in [0.15, 0.2) is 0 Å². The number of hydrogen-bond acceptors (Lipinski definition) is 3. The Morgan fingerprint density at radius 2 is 1.96 bits per heavy atom. The molecule has 0 aromatic heterocycles. The van der Waals surface area contributed by atoms with E-state index in [0.29, 0.717) is 11.8 Å². The highest BCUT2D eigenvalue weighted by atomic mass is 16.3. The van der Waals surface area contributed by atoms with Gasteiger partial charge in [0.25, 0.3) is 0 Å². The van der Waals surface area contributed by atoms with E-state index < -0.39 is 6.03 Å². The number of nitrogens with zero attached hydrogens (tertiary/aromatic N) is 1. The molecule has 0 aliphatic heterocycles. The van der Waals surface area contributed by atoms with Crippen LogP contribution in [-0.2, 0) is 0 Å². The molecule has 6 atom stereocenters. The summed E-state index contributed by atoms with van der Waals surface area (Å²) in [5.74, 6) is 2.06. The highest BCUT2D eigenvalue weighted by molar-refractivity contribution is 5.93. The van der Waals surface area contributed by atoms with Crippen LogP contribution in [0.4, 0.5) is 4.79 Å². The van der Waals surface area contributed by atoms with Crippen molar-refractivity contribution in [1.82, 2.24) is 5.43 Å². The number of allylic oxidation sites excluding steroid dienone is 1. The van der Waals surface area contributed by atoms with E-state index in [4.69, 9.17) is 5.73 Å². The standard InChI is InChI=1S/C20H31N3O2/c1-19-9-7-13(24)11-12(19)3-4-14-15-5-6-17(22-23-18(21)25)20(15,2)10-8-16(14)19/h3,13-16,24H,4-11H2,1-2H3,(H3,21,23,25)/t13-,14+,15-,16+,19-,20-/m0/s1. The van der Waals surface area contributed by atoms with Gasteiger partial charge in [0.05, 0.1) is 6.10 Å². The van der Waals surface area contributed by atoms with Crippen molar-refractivity contribution in [2.24, 2.45) is 39.4 Å². The van der Waals surface area contributed by atoms with Gasteiger partial charge in [-0.05, 0) is 74.5 Å². The smallest absolute Gasteiger partial charge is 0.332 e. The van der Waals surface area contributed by atoms with E-state index in [9.17, 15) is 9.90 Å². The third-order valence-electron chi connectivity index (χ3n) is 8.12. The number of nitrogens with one attached hydrogen (secondary N) is 1. The van der Waals surface area contributed by atoms with Gasteiger partial charge in [0.2, 0.25) is 0 Å². The Bertz CT molecular complexity index is 643. The molecule has 0 spiro atoms. The quantitative estimate of drug-likeness (QED) is 0.503. The van der Waals surface area contributed by atoms with Crippen molar-refractivity contribution in [2.45, 2.75) is 71.3 Å². The summed E-state index contributed by atoms with van der Waals surface area (Å²) in [6.07, 6.45) is 10.9. The second-order valence-corrected chi connectivity index (χ2v) is 9.19. The van der Waals surface area contributed by atoms with Crippen LogP contribution in [-0.4, -0.2) is 23.0 Å². The number of urea groups is 1. The number of primary amides is 1. The van der Waals surface area contributed by atoms with Gasteiger partial charge in [-0.2, -0.15) is 5.10 Å². The van der Waals surface area contributed by atoms with Gasteiger partial charge in [-0.15, -0.1) is 0 Å². The SMILES string of the molecule is C[C@]12CC[C@H](O)CC1=CC[C@H]1[C@H]2CC[C@]2(C)C(=NNC(N)=O)CC[C@@H]12. The normalized spacial score (nSPS) is 47.5. The molecule has 0 unspecified atom stereocenters. The first kappa shape index (κ1) is 17.1. The van der Waals surface area contributed by atoms with Crippen LogP contribution in [0.5, 0.6) is 0 Å². The average Bonchev–Trinajstić information content (AvgIpc) is 2.90. The molecule has 5 heteroatoms. The fraction of sp³-hybridized carbons (Fsp3) is 0.800. The number of carbonyl (C=O) groups excluding carboxylic acids is 1. The van der Waals surface area contributed by atoms with Gasteiger partial charge in [0.1, 0.15) is 0 Å². The zero-order valence-electron chi connectivity index (χ0n) is 15.4. The first-order valence-corrected chi connectivity index (χ1v) is 9.84. The molecular formula is C20H31N3O2. The van der Waals surface area contributed by atoms with Crippen LogP contribution in [0.3, 0.4) is 0 Å². The lowest BCUT2D eigenvalue weighted by molar-refractivity contribution is -0.0209. The highest BCUT2D eigenvalue weighted by Gasteiger charge is 2.57. The predicted octanol–water partition coefficient (Wildman–Crippen LogP) is 3.33. The lowest BCUT2D eigenvalue weighted by atomic mass is 9.48. The molecule has 25 heavy (non-hydrogen) atoms. The molecular weight excluding hydrogens is 314 g/mol. The summed E-state index contributed by atoms with van der Waals surface area (Å²) in [7, 11) is 0. The third kappa shape index (κ3) is 2.54. The molecule has 0 radical (unpaired) electrons. The minimum Gasteiger partial charge on any atom is -0.393 e. The maximum absolute atomic E-state index is 11.1. The number of aliphatic hydroxyl groups excluding tert-OH is 1. The number of fused-ring (bicyclic) bond motifs is 5. The molecule has 2 amide bonds. The van der Waals surface area contributed by atoms with Crippen molar-refractivity contribution >= 4 is 11.7 Å². The van der Waals surface area contributed by atoms with Gasteiger partial charge >= 0.3 is 6.03 Å². The molecule has 0 bridgehead atoms. The van der Waals surface area contributed by atoms with Gasteiger partial charge in [-0.25, -0.2) is 10.2 Å². The summed E-state index contributed by atoms with van der Waals surface area (Å²) in [6.45, 7) is 4.79. The Labute approximate surface area is 150 Å². The fourth-order valence-corrected chi connectivity index (χ4v) is 6.74. The van der Waals surface area contributed by atoms with Crippen LogP contribution >= 0.6 is 0 Å². The summed E-state index contributed by atoms with van der Waals surface area (Å²) in [6, 6.07) is -0.577. The summed E-state index contributed by atoms with van der Waals surface area (Å²) >= 11 is 0. The molecule has 3 fully saturated rings. The van der Waals surface area contributed by atoms with Crippen molar-refractivity contribution < 1.29 is 9.90 Å². The van der Waals surface area contributed by atoms with Gasteiger partial charge < -0.3 is 10.8 Å². The molecule has 3 saturated carbocycles. The van der Waals surface area contributed by atoms with Crippen LogP contribution in [0.1, 0.15) is 65.2 Å². The Morgan fingerprint density at radius 3 is 2.72 bits per heavy atom. The molecule has 0 saturated heterocycles. The number of hydrazone groups is 1. The van der Waals surface area contributed by atoms with Crippen molar-refractivity contribution in [2.75, 3.05) is 0 Å². The second-order valence-electron chi connectivity index (χ2n) is 9.19. The first-order chi connectivity index (χ1) is 11.8. The van der Waals surface area contributed by atoms with E-state index in [2.05, 4.69) is 30.5 Å².